The minimum absolute atomic E-state index is 0.0789. The summed E-state index contributed by atoms with van der Waals surface area (Å²) in [5, 5.41) is 18.0. The van der Waals surface area contributed by atoms with Crippen LogP contribution in [0.15, 0.2) is 24.3 Å². The molecule has 2 N–H and O–H groups in total. The van der Waals surface area contributed by atoms with Crippen LogP contribution >= 0.6 is 0 Å². The SMILES string of the molecule is OCCCc1ccc(C2(CO)CC2)cc1. The van der Waals surface area contributed by atoms with E-state index in [-0.39, 0.29) is 18.6 Å². The van der Waals surface area contributed by atoms with Gasteiger partial charge in [0.1, 0.15) is 0 Å². The molecule has 0 radical (unpaired) electrons. The summed E-state index contributed by atoms with van der Waals surface area (Å²) in [5.74, 6) is 0. The van der Waals surface area contributed by atoms with Crippen molar-refractivity contribution < 1.29 is 10.2 Å². The maximum Gasteiger partial charge on any atom is 0.0527 e. The van der Waals surface area contributed by atoms with Crippen LogP contribution in [-0.2, 0) is 11.8 Å². The molecule has 2 heteroatoms. The number of aliphatic hydroxyl groups excluding tert-OH is 2. The van der Waals surface area contributed by atoms with Gasteiger partial charge in [-0.3, -0.25) is 0 Å². The molecule has 1 aliphatic rings. The van der Waals surface area contributed by atoms with E-state index < -0.39 is 0 Å². The van der Waals surface area contributed by atoms with Crippen LogP contribution in [0.1, 0.15) is 30.4 Å². The third-order valence-corrected chi connectivity index (χ3v) is 3.35. The second-order valence-corrected chi connectivity index (χ2v) is 4.46. The van der Waals surface area contributed by atoms with Crippen LogP contribution in [0.25, 0.3) is 0 Å². The Morgan fingerprint density at radius 2 is 1.73 bits per heavy atom. The van der Waals surface area contributed by atoms with Crippen molar-refractivity contribution in [2.45, 2.75) is 31.1 Å². The Labute approximate surface area is 90.6 Å². The molecule has 0 spiro atoms. The van der Waals surface area contributed by atoms with Crippen molar-refractivity contribution >= 4 is 0 Å². The largest absolute Gasteiger partial charge is 0.396 e. The molecule has 2 rings (SSSR count). The number of hydrogen-bond donors (Lipinski definition) is 2. The monoisotopic (exact) mass is 206 g/mol. The first-order chi connectivity index (χ1) is 7.30. The normalized spacial score (nSPS) is 17.7. The molecular formula is C13H18O2. The summed E-state index contributed by atoms with van der Waals surface area (Å²) in [6.45, 7) is 0.519. The van der Waals surface area contributed by atoms with Gasteiger partial charge in [-0.15, -0.1) is 0 Å². The van der Waals surface area contributed by atoms with Gasteiger partial charge in [0.25, 0.3) is 0 Å². The zero-order chi connectivity index (χ0) is 10.7. The molecule has 0 amide bonds. The minimum Gasteiger partial charge on any atom is -0.396 e. The number of hydrogen-bond acceptors (Lipinski definition) is 2. The van der Waals surface area contributed by atoms with Crippen molar-refractivity contribution in [2.24, 2.45) is 0 Å². The molecule has 1 aliphatic carbocycles. The van der Waals surface area contributed by atoms with Gasteiger partial charge in [0.15, 0.2) is 0 Å². The van der Waals surface area contributed by atoms with Gasteiger partial charge in [0.05, 0.1) is 6.61 Å². The van der Waals surface area contributed by atoms with Crippen LogP contribution in [0.3, 0.4) is 0 Å². The average Bonchev–Trinajstić information content (AvgIpc) is 3.08. The Bertz CT molecular complexity index is 312. The summed E-state index contributed by atoms with van der Waals surface area (Å²) in [5.41, 5.74) is 2.61. The van der Waals surface area contributed by atoms with Crippen molar-refractivity contribution in [1.29, 1.82) is 0 Å². The molecule has 0 aliphatic heterocycles. The van der Waals surface area contributed by atoms with Gasteiger partial charge < -0.3 is 10.2 Å². The highest BCUT2D eigenvalue weighted by Crippen LogP contribution is 2.47. The zero-order valence-corrected chi connectivity index (χ0v) is 8.95. The third kappa shape index (κ3) is 2.21. The minimum atomic E-state index is 0.0789. The second kappa shape index (κ2) is 4.33. The van der Waals surface area contributed by atoms with Gasteiger partial charge in [-0.05, 0) is 36.8 Å². The van der Waals surface area contributed by atoms with E-state index >= 15 is 0 Å². The Morgan fingerprint density at radius 1 is 1.07 bits per heavy atom. The number of aryl methyl sites for hydroxylation is 1. The van der Waals surface area contributed by atoms with E-state index in [4.69, 9.17) is 5.11 Å². The van der Waals surface area contributed by atoms with Gasteiger partial charge in [-0.1, -0.05) is 24.3 Å². The Kier molecular flexibility index (Phi) is 3.08. The topological polar surface area (TPSA) is 40.5 Å². The molecular weight excluding hydrogens is 188 g/mol. The van der Waals surface area contributed by atoms with Crippen molar-refractivity contribution in [3.05, 3.63) is 35.4 Å². The summed E-state index contributed by atoms with van der Waals surface area (Å²) in [7, 11) is 0. The predicted octanol–water partition coefficient (Wildman–Crippen LogP) is 1.64. The van der Waals surface area contributed by atoms with E-state index in [1.807, 2.05) is 0 Å². The van der Waals surface area contributed by atoms with Crippen LogP contribution in [0.5, 0.6) is 0 Å². The number of benzene rings is 1. The van der Waals surface area contributed by atoms with Crippen molar-refractivity contribution in [3.63, 3.8) is 0 Å². The number of rotatable bonds is 5. The first kappa shape index (κ1) is 10.7. The highest BCUT2D eigenvalue weighted by atomic mass is 16.3. The molecule has 0 unspecified atom stereocenters. The molecule has 0 atom stereocenters. The lowest BCUT2D eigenvalue weighted by Gasteiger charge is -2.12. The highest BCUT2D eigenvalue weighted by Gasteiger charge is 2.43. The van der Waals surface area contributed by atoms with Gasteiger partial charge >= 0.3 is 0 Å². The Morgan fingerprint density at radius 3 is 2.20 bits per heavy atom. The third-order valence-electron chi connectivity index (χ3n) is 3.35. The van der Waals surface area contributed by atoms with Crippen LogP contribution in [0.2, 0.25) is 0 Å². The van der Waals surface area contributed by atoms with Crippen molar-refractivity contribution in [1.82, 2.24) is 0 Å². The van der Waals surface area contributed by atoms with E-state index in [1.165, 1.54) is 11.1 Å². The summed E-state index contributed by atoms with van der Waals surface area (Å²) in [6, 6.07) is 8.47. The average molecular weight is 206 g/mol. The van der Waals surface area contributed by atoms with Gasteiger partial charge in [0.2, 0.25) is 0 Å². The van der Waals surface area contributed by atoms with Gasteiger partial charge in [-0.25, -0.2) is 0 Å². The maximum absolute atomic E-state index is 9.29. The molecule has 1 saturated carbocycles. The quantitative estimate of drug-likeness (QED) is 0.768. The molecule has 82 valence electrons. The second-order valence-electron chi connectivity index (χ2n) is 4.46. The van der Waals surface area contributed by atoms with Gasteiger partial charge in [0, 0.05) is 12.0 Å². The lowest BCUT2D eigenvalue weighted by atomic mass is 9.95. The molecule has 1 aromatic carbocycles. The van der Waals surface area contributed by atoms with Crippen LogP contribution in [-0.4, -0.2) is 23.4 Å². The van der Waals surface area contributed by atoms with Crippen LogP contribution < -0.4 is 0 Å². The van der Waals surface area contributed by atoms with E-state index in [0.717, 1.165) is 25.7 Å². The molecule has 0 aromatic heterocycles. The van der Waals surface area contributed by atoms with E-state index in [0.29, 0.717) is 0 Å². The summed E-state index contributed by atoms with van der Waals surface area (Å²) < 4.78 is 0. The summed E-state index contributed by atoms with van der Waals surface area (Å²) in [6.07, 6.45) is 3.98. The molecule has 0 saturated heterocycles. The predicted molar refractivity (Wildman–Crippen MR) is 59.8 cm³/mol. The molecule has 1 aromatic rings. The standard InChI is InChI=1S/C13H18O2/c14-9-1-2-11-3-5-12(6-4-11)13(10-15)7-8-13/h3-6,14-15H,1-2,7-10H2. The van der Waals surface area contributed by atoms with Gasteiger partial charge in [-0.2, -0.15) is 0 Å². The van der Waals surface area contributed by atoms with Crippen molar-refractivity contribution in [2.75, 3.05) is 13.2 Å². The molecule has 0 bridgehead atoms. The summed E-state index contributed by atoms with van der Waals surface area (Å²) in [4.78, 5) is 0. The fourth-order valence-corrected chi connectivity index (χ4v) is 2.00. The van der Waals surface area contributed by atoms with E-state index in [1.54, 1.807) is 0 Å². The first-order valence-electron chi connectivity index (χ1n) is 5.62. The lowest BCUT2D eigenvalue weighted by Crippen LogP contribution is -2.11. The first-order valence-corrected chi connectivity index (χ1v) is 5.62. The van der Waals surface area contributed by atoms with E-state index in [2.05, 4.69) is 24.3 Å². The molecule has 0 heterocycles. The fourth-order valence-electron chi connectivity index (χ4n) is 2.00. The zero-order valence-electron chi connectivity index (χ0n) is 8.95. The molecule has 2 nitrogen and oxygen atoms in total. The maximum atomic E-state index is 9.29. The van der Waals surface area contributed by atoms with E-state index in [9.17, 15) is 5.11 Å². The molecule has 1 fully saturated rings. The Balaban J connectivity index is 2.04. The highest BCUT2D eigenvalue weighted by molar-refractivity contribution is 5.33. The number of aliphatic hydroxyl groups is 2. The molecule has 15 heavy (non-hydrogen) atoms. The lowest BCUT2D eigenvalue weighted by molar-refractivity contribution is 0.255. The van der Waals surface area contributed by atoms with Crippen LogP contribution in [0, 0.1) is 0 Å². The Hall–Kier alpha value is -0.860. The van der Waals surface area contributed by atoms with Crippen molar-refractivity contribution in [3.8, 4) is 0 Å². The summed E-state index contributed by atoms with van der Waals surface area (Å²) >= 11 is 0. The van der Waals surface area contributed by atoms with Crippen LogP contribution in [0.4, 0.5) is 0 Å². The fraction of sp³-hybridized carbons (Fsp3) is 0.538. The smallest absolute Gasteiger partial charge is 0.0527 e.